The average molecular weight is 214 g/mol. The Bertz CT molecular complexity index is 182. The lowest BCUT2D eigenvalue weighted by Gasteiger charge is -2.35. The molecule has 82 valence electrons. The van der Waals surface area contributed by atoms with Gasteiger partial charge < -0.3 is 10.6 Å². The molecule has 2 fully saturated rings. The van der Waals surface area contributed by atoms with Gasteiger partial charge in [-0.1, -0.05) is 0 Å². The number of rotatable bonds is 2. The van der Waals surface area contributed by atoms with Gasteiger partial charge in [0.05, 0.1) is 0 Å². The third-order valence-electron chi connectivity index (χ3n) is 3.49. The van der Waals surface area contributed by atoms with Crippen LogP contribution >= 0.6 is 11.8 Å². The monoisotopic (exact) mass is 214 g/mol. The predicted octanol–water partition coefficient (Wildman–Crippen LogP) is 1.70. The molecule has 1 atom stereocenters. The first-order chi connectivity index (χ1) is 6.68. The highest BCUT2D eigenvalue weighted by atomic mass is 32.2. The Labute approximate surface area is 91.6 Å². The average Bonchev–Trinajstić information content (AvgIpc) is 2.57. The highest BCUT2D eigenvalue weighted by molar-refractivity contribution is 8.00. The van der Waals surface area contributed by atoms with Gasteiger partial charge in [0.2, 0.25) is 0 Å². The second-order valence-electron chi connectivity index (χ2n) is 5.02. The molecule has 3 heteroatoms. The van der Waals surface area contributed by atoms with E-state index < -0.39 is 0 Å². The predicted molar refractivity (Wildman–Crippen MR) is 63.7 cm³/mol. The van der Waals surface area contributed by atoms with E-state index in [9.17, 15) is 0 Å². The molecule has 0 aromatic carbocycles. The molecule has 0 spiro atoms. The molecular weight excluding hydrogens is 192 g/mol. The van der Waals surface area contributed by atoms with Crippen LogP contribution < -0.4 is 5.73 Å². The van der Waals surface area contributed by atoms with Gasteiger partial charge >= 0.3 is 0 Å². The van der Waals surface area contributed by atoms with Crippen molar-refractivity contribution < 1.29 is 0 Å². The smallest absolute Gasteiger partial charge is 0.0259 e. The zero-order valence-corrected chi connectivity index (χ0v) is 9.98. The fourth-order valence-corrected chi connectivity index (χ4v) is 3.89. The summed E-state index contributed by atoms with van der Waals surface area (Å²) in [4.78, 5) is 2.61. The van der Waals surface area contributed by atoms with E-state index in [1.807, 2.05) is 0 Å². The van der Waals surface area contributed by atoms with Gasteiger partial charge in [0.25, 0.3) is 0 Å². The minimum atomic E-state index is 0.468. The molecule has 2 aliphatic heterocycles. The number of thioether (sulfide) groups is 1. The lowest BCUT2D eigenvalue weighted by Crippen LogP contribution is -2.45. The minimum absolute atomic E-state index is 0.468. The van der Waals surface area contributed by atoms with E-state index in [0.717, 1.165) is 0 Å². The quantitative estimate of drug-likeness (QED) is 0.758. The van der Waals surface area contributed by atoms with Crippen molar-refractivity contribution >= 4 is 11.8 Å². The van der Waals surface area contributed by atoms with E-state index in [0.29, 0.717) is 10.8 Å². The topological polar surface area (TPSA) is 29.3 Å². The molecular formula is C11H22N2S. The van der Waals surface area contributed by atoms with Crippen molar-refractivity contribution in [3.05, 3.63) is 0 Å². The van der Waals surface area contributed by atoms with Gasteiger partial charge in [0.1, 0.15) is 0 Å². The first-order valence-corrected chi connectivity index (χ1v) is 6.78. The molecule has 0 radical (unpaired) electrons. The number of nitrogens with zero attached hydrogens (tertiary/aromatic N) is 1. The zero-order chi connectivity index (χ0) is 10.0. The number of hydrogen-bond acceptors (Lipinski definition) is 3. The molecule has 2 heterocycles. The summed E-state index contributed by atoms with van der Waals surface area (Å²) in [5, 5.41) is 0. The van der Waals surface area contributed by atoms with Gasteiger partial charge in [-0.15, -0.1) is 0 Å². The lowest BCUT2D eigenvalue weighted by molar-refractivity contribution is 0.196. The summed E-state index contributed by atoms with van der Waals surface area (Å²) in [6, 6.07) is 0.468. The van der Waals surface area contributed by atoms with Gasteiger partial charge in [0.15, 0.2) is 0 Å². The standard InChI is InChI=1S/C11H22N2S/c1-11(5-2-8-14-11)9-13-6-3-10(12)4-7-13/h10H,2-9,12H2,1H3. The largest absolute Gasteiger partial charge is 0.328 e. The maximum absolute atomic E-state index is 5.91. The van der Waals surface area contributed by atoms with Gasteiger partial charge in [-0.05, 0) is 51.4 Å². The molecule has 2 rings (SSSR count). The molecule has 2 nitrogen and oxygen atoms in total. The van der Waals surface area contributed by atoms with Crippen LogP contribution in [-0.2, 0) is 0 Å². The molecule has 0 amide bonds. The molecule has 0 aromatic rings. The Morgan fingerprint density at radius 3 is 2.71 bits per heavy atom. The van der Waals surface area contributed by atoms with Crippen molar-refractivity contribution in [2.75, 3.05) is 25.4 Å². The van der Waals surface area contributed by atoms with Gasteiger partial charge in [-0.3, -0.25) is 0 Å². The number of likely N-dealkylation sites (tertiary alicyclic amines) is 1. The summed E-state index contributed by atoms with van der Waals surface area (Å²) in [5.41, 5.74) is 5.91. The van der Waals surface area contributed by atoms with Crippen molar-refractivity contribution in [1.29, 1.82) is 0 Å². The normalized spacial score (nSPS) is 36.4. The Balaban J connectivity index is 1.79. The minimum Gasteiger partial charge on any atom is -0.328 e. The van der Waals surface area contributed by atoms with E-state index in [-0.39, 0.29) is 0 Å². The summed E-state index contributed by atoms with van der Waals surface area (Å²) in [6.45, 7) is 6.15. The van der Waals surface area contributed by atoms with Crippen LogP contribution in [0.2, 0.25) is 0 Å². The highest BCUT2D eigenvalue weighted by Gasteiger charge is 2.32. The summed E-state index contributed by atoms with van der Waals surface area (Å²) in [6.07, 6.45) is 5.20. The molecule has 0 bridgehead atoms. The molecule has 0 saturated carbocycles. The van der Waals surface area contributed by atoms with E-state index in [1.54, 1.807) is 0 Å². The van der Waals surface area contributed by atoms with Crippen molar-refractivity contribution in [2.45, 2.75) is 43.4 Å². The lowest BCUT2D eigenvalue weighted by atomic mass is 10.0. The van der Waals surface area contributed by atoms with Crippen LogP contribution in [0, 0.1) is 0 Å². The van der Waals surface area contributed by atoms with Crippen LogP contribution in [0.25, 0.3) is 0 Å². The Morgan fingerprint density at radius 2 is 2.14 bits per heavy atom. The SMILES string of the molecule is CC1(CN2CCC(N)CC2)CCCS1. The summed E-state index contributed by atoms with van der Waals surface area (Å²) < 4.78 is 0.543. The van der Waals surface area contributed by atoms with E-state index >= 15 is 0 Å². The van der Waals surface area contributed by atoms with Crippen LogP contribution in [-0.4, -0.2) is 41.1 Å². The second kappa shape index (κ2) is 4.42. The third kappa shape index (κ3) is 2.65. The molecule has 0 aromatic heterocycles. The third-order valence-corrected chi connectivity index (χ3v) is 5.01. The second-order valence-corrected chi connectivity index (χ2v) is 6.70. The van der Waals surface area contributed by atoms with Crippen LogP contribution in [0.4, 0.5) is 0 Å². The van der Waals surface area contributed by atoms with Crippen molar-refractivity contribution in [2.24, 2.45) is 5.73 Å². The molecule has 0 aliphatic carbocycles. The maximum atomic E-state index is 5.91. The first kappa shape index (κ1) is 10.8. The van der Waals surface area contributed by atoms with Crippen molar-refractivity contribution in [3.8, 4) is 0 Å². The van der Waals surface area contributed by atoms with Crippen LogP contribution in [0.3, 0.4) is 0 Å². The summed E-state index contributed by atoms with van der Waals surface area (Å²) in [5.74, 6) is 1.36. The fraction of sp³-hybridized carbons (Fsp3) is 1.00. The Morgan fingerprint density at radius 1 is 1.43 bits per heavy atom. The molecule has 2 aliphatic rings. The Kier molecular flexibility index (Phi) is 3.40. The highest BCUT2D eigenvalue weighted by Crippen LogP contribution is 2.38. The summed E-state index contributed by atoms with van der Waals surface area (Å²) in [7, 11) is 0. The molecule has 14 heavy (non-hydrogen) atoms. The fourth-order valence-electron chi connectivity index (χ4n) is 2.55. The van der Waals surface area contributed by atoms with Crippen molar-refractivity contribution in [1.82, 2.24) is 4.90 Å². The van der Waals surface area contributed by atoms with Crippen molar-refractivity contribution in [3.63, 3.8) is 0 Å². The number of nitrogens with two attached hydrogens (primary N) is 1. The van der Waals surface area contributed by atoms with Crippen LogP contribution in [0.15, 0.2) is 0 Å². The van der Waals surface area contributed by atoms with E-state index in [2.05, 4.69) is 23.6 Å². The van der Waals surface area contributed by atoms with Crippen LogP contribution in [0.5, 0.6) is 0 Å². The first-order valence-electron chi connectivity index (χ1n) is 5.80. The molecule has 2 saturated heterocycles. The Hall–Kier alpha value is 0.270. The van der Waals surface area contributed by atoms with E-state index in [1.165, 1.54) is 51.1 Å². The number of piperidine rings is 1. The van der Waals surface area contributed by atoms with E-state index in [4.69, 9.17) is 5.73 Å². The molecule has 1 unspecified atom stereocenters. The van der Waals surface area contributed by atoms with Gasteiger partial charge in [-0.25, -0.2) is 0 Å². The maximum Gasteiger partial charge on any atom is 0.0259 e. The van der Waals surface area contributed by atoms with Gasteiger partial charge in [-0.2, -0.15) is 11.8 Å². The van der Waals surface area contributed by atoms with Crippen LogP contribution in [0.1, 0.15) is 32.6 Å². The van der Waals surface area contributed by atoms with Gasteiger partial charge in [0, 0.05) is 17.3 Å². The summed E-state index contributed by atoms with van der Waals surface area (Å²) >= 11 is 2.17. The number of hydrogen-bond donors (Lipinski definition) is 1. The molecule has 2 N–H and O–H groups in total. The zero-order valence-electron chi connectivity index (χ0n) is 9.17.